The molecule has 0 spiro atoms. The molecule has 3 unspecified atom stereocenters. The lowest BCUT2D eigenvalue weighted by Crippen LogP contribution is -2.45. The van der Waals surface area contributed by atoms with Gasteiger partial charge in [-0.15, -0.1) is 0 Å². The average Bonchev–Trinajstić information content (AvgIpc) is 2.48. The van der Waals surface area contributed by atoms with Gasteiger partial charge in [0.15, 0.2) is 0 Å². The van der Waals surface area contributed by atoms with Crippen molar-refractivity contribution in [2.75, 3.05) is 26.0 Å². The van der Waals surface area contributed by atoms with Gasteiger partial charge in [-0.05, 0) is 44.4 Å². The van der Waals surface area contributed by atoms with Gasteiger partial charge in [-0.25, -0.2) is 0 Å². The highest BCUT2D eigenvalue weighted by molar-refractivity contribution is 5.49. The summed E-state index contributed by atoms with van der Waals surface area (Å²) >= 11 is 0. The van der Waals surface area contributed by atoms with Crippen LogP contribution in [0.5, 0.6) is 5.75 Å². The second-order valence-corrected chi connectivity index (χ2v) is 6.41. The molecular weight excluding hydrogens is 260 g/mol. The van der Waals surface area contributed by atoms with E-state index in [2.05, 4.69) is 62.5 Å². The molecule has 0 radical (unpaired) electrons. The van der Waals surface area contributed by atoms with Crippen LogP contribution in [0.25, 0.3) is 0 Å². The van der Waals surface area contributed by atoms with Gasteiger partial charge in [0, 0.05) is 31.9 Å². The zero-order chi connectivity index (χ0) is 15.2. The predicted molar refractivity (Wildman–Crippen MR) is 90.3 cm³/mol. The number of nitrogens with zero attached hydrogens (tertiary/aromatic N) is 1. The number of likely N-dealkylation sites (N-methyl/N-ethyl adjacent to an activating group) is 1. The van der Waals surface area contributed by atoms with E-state index in [0.29, 0.717) is 6.04 Å². The fraction of sp³-hybridized carbons (Fsp3) is 0.667. The molecule has 1 aliphatic rings. The van der Waals surface area contributed by atoms with E-state index in [1.54, 1.807) is 0 Å². The molecule has 1 aliphatic carbocycles. The molecule has 1 fully saturated rings. The molecule has 3 heteroatoms. The summed E-state index contributed by atoms with van der Waals surface area (Å²) in [6.07, 6.45) is 6.62. The molecule has 1 aromatic rings. The molecule has 2 rings (SSSR count). The van der Waals surface area contributed by atoms with Crippen LogP contribution in [-0.2, 0) is 0 Å². The average molecular weight is 290 g/mol. The Balaban J connectivity index is 2.05. The zero-order valence-corrected chi connectivity index (χ0v) is 13.9. The van der Waals surface area contributed by atoms with Gasteiger partial charge in [0.2, 0.25) is 0 Å². The number of rotatable bonds is 6. The summed E-state index contributed by atoms with van der Waals surface area (Å²) in [4.78, 5) is 2.11. The third kappa shape index (κ3) is 4.37. The maximum absolute atomic E-state index is 6.34. The van der Waals surface area contributed by atoms with Gasteiger partial charge in [0.25, 0.3) is 0 Å². The number of hydrogen-bond donors (Lipinski definition) is 1. The summed E-state index contributed by atoms with van der Waals surface area (Å²) in [6.45, 7) is 2.28. The molecule has 118 valence electrons. The molecule has 1 saturated carbocycles. The van der Waals surface area contributed by atoms with E-state index in [4.69, 9.17) is 4.74 Å². The fourth-order valence-corrected chi connectivity index (χ4v) is 3.35. The maximum atomic E-state index is 6.34. The van der Waals surface area contributed by atoms with Gasteiger partial charge < -0.3 is 15.0 Å². The summed E-state index contributed by atoms with van der Waals surface area (Å²) in [6, 6.07) is 8.87. The highest BCUT2D eigenvalue weighted by Gasteiger charge is 2.30. The van der Waals surface area contributed by atoms with E-state index in [9.17, 15) is 0 Å². The van der Waals surface area contributed by atoms with Crippen LogP contribution in [0.4, 0.5) is 5.69 Å². The molecule has 0 aromatic heterocycles. The molecule has 0 amide bonds. The number of benzene rings is 1. The minimum absolute atomic E-state index is 0.290. The smallest absolute Gasteiger partial charge is 0.121 e. The first-order valence-corrected chi connectivity index (χ1v) is 8.25. The minimum Gasteiger partial charge on any atom is -0.489 e. The van der Waals surface area contributed by atoms with Crippen molar-refractivity contribution in [1.29, 1.82) is 0 Å². The Morgan fingerprint density at radius 2 is 2.10 bits per heavy atom. The number of anilines is 1. The summed E-state index contributed by atoms with van der Waals surface area (Å²) in [5, 5.41) is 3.44. The molecular formula is C18H30N2O. The Labute approximate surface area is 129 Å². The molecule has 3 nitrogen and oxygen atoms in total. The van der Waals surface area contributed by atoms with Gasteiger partial charge in [0.05, 0.1) is 0 Å². The summed E-state index contributed by atoms with van der Waals surface area (Å²) < 4.78 is 6.34. The minimum atomic E-state index is 0.290. The fourth-order valence-electron chi connectivity index (χ4n) is 3.35. The second kappa shape index (κ2) is 7.69. The van der Waals surface area contributed by atoms with Crippen molar-refractivity contribution in [3.05, 3.63) is 24.3 Å². The van der Waals surface area contributed by atoms with Crippen molar-refractivity contribution < 1.29 is 4.74 Å². The lowest BCUT2D eigenvalue weighted by Gasteiger charge is -2.36. The first-order chi connectivity index (χ1) is 10.1. The normalized spacial score (nSPS) is 25.6. The van der Waals surface area contributed by atoms with Gasteiger partial charge in [-0.3, -0.25) is 0 Å². The molecule has 0 heterocycles. The summed E-state index contributed by atoms with van der Waals surface area (Å²) in [5.41, 5.74) is 1.19. The maximum Gasteiger partial charge on any atom is 0.121 e. The Kier molecular flexibility index (Phi) is 5.92. The van der Waals surface area contributed by atoms with Crippen LogP contribution in [0.15, 0.2) is 24.3 Å². The Hall–Kier alpha value is -1.22. The first kappa shape index (κ1) is 16.2. The Bertz CT molecular complexity index is 433. The third-order valence-electron chi connectivity index (χ3n) is 4.59. The Morgan fingerprint density at radius 1 is 1.29 bits per heavy atom. The van der Waals surface area contributed by atoms with Crippen molar-refractivity contribution in [2.45, 2.75) is 51.2 Å². The van der Waals surface area contributed by atoms with Crippen molar-refractivity contribution >= 4 is 5.69 Å². The summed E-state index contributed by atoms with van der Waals surface area (Å²) in [5.74, 6) is 1.81. The van der Waals surface area contributed by atoms with Crippen molar-refractivity contribution in [3.8, 4) is 5.75 Å². The van der Waals surface area contributed by atoms with Crippen LogP contribution in [0, 0.1) is 5.92 Å². The van der Waals surface area contributed by atoms with E-state index in [1.807, 2.05) is 0 Å². The van der Waals surface area contributed by atoms with Crippen LogP contribution in [0.1, 0.15) is 39.0 Å². The van der Waals surface area contributed by atoms with E-state index in [1.165, 1.54) is 37.8 Å². The van der Waals surface area contributed by atoms with Crippen LogP contribution in [-0.4, -0.2) is 33.3 Å². The van der Waals surface area contributed by atoms with Crippen LogP contribution in [0.3, 0.4) is 0 Å². The van der Waals surface area contributed by atoms with Crippen molar-refractivity contribution in [1.82, 2.24) is 5.32 Å². The predicted octanol–water partition coefficient (Wildman–Crippen LogP) is 3.69. The van der Waals surface area contributed by atoms with Gasteiger partial charge in [-0.2, -0.15) is 0 Å². The van der Waals surface area contributed by atoms with E-state index in [-0.39, 0.29) is 6.10 Å². The van der Waals surface area contributed by atoms with E-state index >= 15 is 0 Å². The number of nitrogens with one attached hydrogen (secondary N) is 1. The SMILES string of the molecule is CCCC1CCC(NC)C(Oc2cccc(N(C)C)c2)C1. The van der Waals surface area contributed by atoms with Crippen LogP contribution in [0.2, 0.25) is 0 Å². The highest BCUT2D eigenvalue weighted by Crippen LogP contribution is 2.31. The van der Waals surface area contributed by atoms with Gasteiger partial charge in [-0.1, -0.05) is 25.8 Å². The van der Waals surface area contributed by atoms with Crippen LogP contribution >= 0.6 is 0 Å². The van der Waals surface area contributed by atoms with E-state index < -0.39 is 0 Å². The zero-order valence-electron chi connectivity index (χ0n) is 13.9. The topological polar surface area (TPSA) is 24.5 Å². The van der Waals surface area contributed by atoms with Gasteiger partial charge in [0.1, 0.15) is 11.9 Å². The molecule has 1 aromatic carbocycles. The molecule has 3 atom stereocenters. The monoisotopic (exact) mass is 290 g/mol. The van der Waals surface area contributed by atoms with Crippen molar-refractivity contribution in [2.24, 2.45) is 5.92 Å². The quantitative estimate of drug-likeness (QED) is 0.865. The van der Waals surface area contributed by atoms with Crippen molar-refractivity contribution in [3.63, 3.8) is 0 Å². The Morgan fingerprint density at radius 3 is 2.76 bits per heavy atom. The number of ether oxygens (including phenoxy) is 1. The molecule has 0 bridgehead atoms. The molecule has 0 saturated heterocycles. The van der Waals surface area contributed by atoms with E-state index in [0.717, 1.165) is 11.7 Å². The first-order valence-electron chi connectivity index (χ1n) is 8.25. The lowest BCUT2D eigenvalue weighted by molar-refractivity contribution is 0.0866. The number of hydrogen-bond acceptors (Lipinski definition) is 3. The summed E-state index contributed by atoms with van der Waals surface area (Å²) in [7, 11) is 6.18. The standard InChI is InChI=1S/C18H30N2O/c1-5-7-14-10-11-17(19-2)18(12-14)21-16-9-6-8-15(13-16)20(3)4/h6,8-9,13-14,17-19H,5,7,10-12H2,1-4H3. The second-order valence-electron chi connectivity index (χ2n) is 6.41. The molecule has 21 heavy (non-hydrogen) atoms. The van der Waals surface area contributed by atoms with Crippen LogP contribution < -0.4 is 15.0 Å². The van der Waals surface area contributed by atoms with Gasteiger partial charge >= 0.3 is 0 Å². The molecule has 0 aliphatic heterocycles. The largest absolute Gasteiger partial charge is 0.489 e. The highest BCUT2D eigenvalue weighted by atomic mass is 16.5. The molecule has 1 N–H and O–H groups in total. The lowest BCUT2D eigenvalue weighted by atomic mass is 9.81. The third-order valence-corrected chi connectivity index (χ3v) is 4.59.